The Kier molecular flexibility index (Phi) is 4.71. The summed E-state index contributed by atoms with van der Waals surface area (Å²) < 4.78 is 10.7. The number of hydrogen-bond acceptors (Lipinski definition) is 4. The summed E-state index contributed by atoms with van der Waals surface area (Å²) in [7, 11) is 1.92. The first-order valence-corrected chi connectivity index (χ1v) is 6.48. The Morgan fingerprint density at radius 3 is 2.95 bits per heavy atom. The molecule has 0 unspecified atom stereocenters. The summed E-state index contributed by atoms with van der Waals surface area (Å²) >= 11 is 0. The van der Waals surface area contributed by atoms with E-state index >= 15 is 0 Å². The van der Waals surface area contributed by atoms with E-state index in [1.54, 1.807) is 6.26 Å². The number of likely N-dealkylation sites (N-methyl/N-ethyl adjacent to an activating group) is 1. The average Bonchev–Trinajstić information content (AvgIpc) is 2.83. The van der Waals surface area contributed by atoms with E-state index in [4.69, 9.17) is 9.15 Å². The first kappa shape index (κ1) is 13.8. The second kappa shape index (κ2) is 6.50. The van der Waals surface area contributed by atoms with Crippen LogP contribution in [0.4, 0.5) is 0 Å². The van der Waals surface area contributed by atoms with Crippen LogP contribution in [0.5, 0.6) is 0 Å². The molecule has 0 radical (unpaired) electrons. The highest BCUT2D eigenvalue weighted by Crippen LogP contribution is 2.21. The van der Waals surface area contributed by atoms with Crippen LogP contribution in [0.1, 0.15) is 17.3 Å². The van der Waals surface area contributed by atoms with Crippen molar-refractivity contribution in [3.8, 4) is 0 Å². The lowest BCUT2D eigenvalue weighted by atomic mass is 10.1. The molecule has 0 saturated heterocycles. The van der Waals surface area contributed by atoms with Gasteiger partial charge in [0.05, 0.1) is 18.7 Å². The van der Waals surface area contributed by atoms with Crippen LogP contribution < -0.4 is 0 Å². The van der Waals surface area contributed by atoms with Crippen molar-refractivity contribution in [3.05, 3.63) is 36.1 Å². The van der Waals surface area contributed by atoms with Gasteiger partial charge in [0.1, 0.15) is 11.8 Å². The number of Topliss-reactive ketones (excluding diaryl/α,β-unsaturated/α-hetero) is 1. The van der Waals surface area contributed by atoms with Gasteiger partial charge in [-0.3, -0.25) is 9.69 Å². The molecular formula is C15H19NO3. The third kappa shape index (κ3) is 3.43. The van der Waals surface area contributed by atoms with E-state index in [1.807, 2.05) is 43.1 Å². The van der Waals surface area contributed by atoms with E-state index in [2.05, 4.69) is 0 Å². The van der Waals surface area contributed by atoms with Gasteiger partial charge in [-0.2, -0.15) is 0 Å². The molecule has 1 heterocycles. The molecule has 0 aliphatic rings. The maximum Gasteiger partial charge on any atom is 0.180 e. The highest BCUT2D eigenvalue weighted by Gasteiger charge is 2.14. The fraction of sp³-hybridized carbons (Fsp3) is 0.400. The number of rotatable bonds is 7. The zero-order valence-corrected chi connectivity index (χ0v) is 11.4. The van der Waals surface area contributed by atoms with Crippen LogP contribution in [-0.2, 0) is 4.74 Å². The van der Waals surface area contributed by atoms with Crippen molar-refractivity contribution in [1.82, 2.24) is 4.90 Å². The molecule has 0 amide bonds. The molecule has 0 atom stereocenters. The summed E-state index contributed by atoms with van der Waals surface area (Å²) in [6.07, 6.45) is 1.55. The minimum absolute atomic E-state index is 0.0731. The number of ketones is 1. The quantitative estimate of drug-likeness (QED) is 0.567. The maximum atomic E-state index is 12.2. The predicted molar refractivity (Wildman–Crippen MR) is 74.5 cm³/mol. The smallest absolute Gasteiger partial charge is 0.180 e. The zero-order chi connectivity index (χ0) is 13.7. The fourth-order valence-corrected chi connectivity index (χ4v) is 1.97. The van der Waals surface area contributed by atoms with Crippen molar-refractivity contribution in [2.45, 2.75) is 6.92 Å². The number of fused-ring (bicyclic) bond motifs is 1. The van der Waals surface area contributed by atoms with Crippen molar-refractivity contribution in [3.63, 3.8) is 0 Å². The molecule has 0 N–H and O–H groups in total. The van der Waals surface area contributed by atoms with Gasteiger partial charge in [0.25, 0.3) is 0 Å². The lowest BCUT2D eigenvalue weighted by Crippen LogP contribution is -2.29. The SMILES string of the molecule is CCOCCN(C)CC(=O)c1coc2ccccc12. The number of hydrogen-bond donors (Lipinski definition) is 0. The van der Waals surface area contributed by atoms with Crippen LogP contribution in [0.25, 0.3) is 11.0 Å². The summed E-state index contributed by atoms with van der Waals surface area (Å²) in [5.41, 5.74) is 1.40. The van der Waals surface area contributed by atoms with Crippen LogP contribution in [0.2, 0.25) is 0 Å². The molecule has 1 aromatic heterocycles. The second-order valence-electron chi connectivity index (χ2n) is 4.50. The highest BCUT2D eigenvalue weighted by molar-refractivity contribution is 6.08. The third-order valence-electron chi connectivity index (χ3n) is 3.02. The lowest BCUT2D eigenvalue weighted by Gasteiger charge is -2.14. The Bertz CT molecular complexity index is 547. The topological polar surface area (TPSA) is 42.7 Å². The van der Waals surface area contributed by atoms with Gasteiger partial charge in [-0.15, -0.1) is 0 Å². The van der Waals surface area contributed by atoms with Gasteiger partial charge < -0.3 is 9.15 Å². The lowest BCUT2D eigenvalue weighted by molar-refractivity contribution is 0.0897. The largest absolute Gasteiger partial charge is 0.464 e. The van der Waals surface area contributed by atoms with E-state index < -0.39 is 0 Å². The molecule has 2 aromatic rings. The first-order chi connectivity index (χ1) is 9.22. The Hall–Kier alpha value is -1.65. The molecular weight excluding hydrogens is 242 g/mol. The Labute approximate surface area is 112 Å². The van der Waals surface area contributed by atoms with Crippen molar-refractivity contribution in [2.24, 2.45) is 0 Å². The number of carbonyl (C=O) groups is 1. The molecule has 1 aromatic carbocycles. The third-order valence-corrected chi connectivity index (χ3v) is 3.02. The number of benzene rings is 1. The number of carbonyl (C=O) groups excluding carboxylic acids is 1. The molecule has 0 fully saturated rings. The van der Waals surface area contributed by atoms with Gasteiger partial charge in [-0.1, -0.05) is 18.2 Å². The van der Waals surface area contributed by atoms with E-state index in [1.165, 1.54) is 0 Å². The fourth-order valence-electron chi connectivity index (χ4n) is 1.97. The molecule has 4 heteroatoms. The van der Waals surface area contributed by atoms with Gasteiger partial charge >= 0.3 is 0 Å². The predicted octanol–water partition coefficient (Wildman–Crippen LogP) is 2.58. The van der Waals surface area contributed by atoms with Crippen LogP contribution in [0.3, 0.4) is 0 Å². The number of para-hydroxylation sites is 1. The zero-order valence-electron chi connectivity index (χ0n) is 11.4. The van der Waals surface area contributed by atoms with Crippen LogP contribution in [0, 0.1) is 0 Å². The highest BCUT2D eigenvalue weighted by atomic mass is 16.5. The van der Waals surface area contributed by atoms with E-state index in [9.17, 15) is 4.79 Å². The summed E-state index contributed by atoms with van der Waals surface area (Å²) in [5, 5.41) is 0.880. The second-order valence-corrected chi connectivity index (χ2v) is 4.50. The maximum absolute atomic E-state index is 12.2. The van der Waals surface area contributed by atoms with Crippen molar-refractivity contribution in [1.29, 1.82) is 0 Å². The average molecular weight is 261 g/mol. The summed E-state index contributed by atoms with van der Waals surface area (Å²) in [6.45, 7) is 4.43. The Morgan fingerprint density at radius 1 is 1.37 bits per heavy atom. The van der Waals surface area contributed by atoms with E-state index in [-0.39, 0.29) is 5.78 Å². The molecule has 4 nitrogen and oxygen atoms in total. The minimum atomic E-state index is 0.0731. The molecule has 0 bridgehead atoms. The number of ether oxygens (including phenoxy) is 1. The molecule has 2 rings (SSSR count). The molecule has 19 heavy (non-hydrogen) atoms. The molecule has 0 saturated carbocycles. The van der Waals surface area contributed by atoms with Crippen molar-refractivity contribution in [2.75, 3.05) is 33.4 Å². The standard InChI is InChI=1S/C15H19NO3/c1-3-18-9-8-16(2)10-14(17)13-11-19-15-7-5-4-6-12(13)15/h4-7,11H,3,8-10H2,1-2H3. The van der Waals surface area contributed by atoms with Crippen LogP contribution in [0.15, 0.2) is 34.9 Å². The molecule has 0 spiro atoms. The molecule has 0 aliphatic heterocycles. The summed E-state index contributed by atoms with van der Waals surface area (Å²) in [4.78, 5) is 14.2. The van der Waals surface area contributed by atoms with Gasteiger partial charge in [-0.25, -0.2) is 0 Å². The monoisotopic (exact) mass is 261 g/mol. The molecule has 0 aliphatic carbocycles. The Balaban J connectivity index is 2.00. The number of furan rings is 1. The van der Waals surface area contributed by atoms with Gasteiger partial charge in [-0.05, 0) is 20.0 Å². The van der Waals surface area contributed by atoms with E-state index in [0.29, 0.717) is 25.3 Å². The normalized spacial score (nSPS) is 11.3. The Morgan fingerprint density at radius 2 is 2.16 bits per heavy atom. The van der Waals surface area contributed by atoms with Crippen LogP contribution >= 0.6 is 0 Å². The summed E-state index contributed by atoms with van der Waals surface area (Å²) in [6, 6.07) is 7.58. The van der Waals surface area contributed by atoms with Crippen LogP contribution in [-0.4, -0.2) is 44.0 Å². The minimum Gasteiger partial charge on any atom is -0.464 e. The summed E-state index contributed by atoms with van der Waals surface area (Å²) in [5.74, 6) is 0.0731. The van der Waals surface area contributed by atoms with Crippen molar-refractivity contribution >= 4 is 16.8 Å². The van der Waals surface area contributed by atoms with Gasteiger partial charge in [0.2, 0.25) is 0 Å². The molecule has 102 valence electrons. The van der Waals surface area contributed by atoms with E-state index in [0.717, 1.165) is 17.5 Å². The number of nitrogens with zero attached hydrogens (tertiary/aromatic N) is 1. The van der Waals surface area contributed by atoms with Crippen molar-refractivity contribution < 1.29 is 13.9 Å². The van der Waals surface area contributed by atoms with Gasteiger partial charge in [0.15, 0.2) is 5.78 Å². The van der Waals surface area contributed by atoms with Gasteiger partial charge in [0, 0.05) is 18.5 Å². The first-order valence-electron chi connectivity index (χ1n) is 6.48.